The molecular formula is C19H19F2N3OS. The number of carbonyl (C=O) groups is 1. The van der Waals surface area contributed by atoms with Gasteiger partial charge in [-0.15, -0.1) is 0 Å². The van der Waals surface area contributed by atoms with Crippen LogP contribution in [0.4, 0.5) is 20.2 Å². The number of halogens is 2. The fraction of sp³-hybridized carbons (Fsp3) is 0.263. The van der Waals surface area contributed by atoms with Crippen molar-refractivity contribution in [1.82, 2.24) is 4.90 Å². The molecule has 0 saturated carbocycles. The van der Waals surface area contributed by atoms with Gasteiger partial charge in [0.2, 0.25) is 0 Å². The van der Waals surface area contributed by atoms with E-state index in [1.54, 1.807) is 24.3 Å². The summed E-state index contributed by atoms with van der Waals surface area (Å²) >= 11 is 5.14. The molecule has 26 heavy (non-hydrogen) atoms. The van der Waals surface area contributed by atoms with Crippen LogP contribution in [-0.2, 0) is 0 Å². The number of anilines is 2. The maximum absolute atomic E-state index is 13.6. The summed E-state index contributed by atoms with van der Waals surface area (Å²) < 4.78 is 26.6. The number of nitrogens with zero attached hydrogens (tertiary/aromatic N) is 1. The van der Waals surface area contributed by atoms with Gasteiger partial charge in [0, 0.05) is 30.4 Å². The third kappa shape index (κ3) is 4.54. The maximum Gasteiger partial charge on any atom is 0.253 e. The first kappa shape index (κ1) is 18.3. The number of piperidine rings is 1. The molecule has 0 unspecified atom stereocenters. The minimum Gasteiger partial charge on any atom is -0.339 e. The second-order valence-electron chi connectivity index (χ2n) is 6.13. The van der Waals surface area contributed by atoms with Gasteiger partial charge in [0.1, 0.15) is 11.6 Å². The predicted octanol–water partition coefficient (Wildman–Crippen LogP) is 4.40. The second kappa shape index (κ2) is 8.23. The van der Waals surface area contributed by atoms with Crippen LogP contribution < -0.4 is 10.6 Å². The molecule has 1 aliphatic rings. The van der Waals surface area contributed by atoms with E-state index in [1.165, 1.54) is 12.5 Å². The van der Waals surface area contributed by atoms with Crippen molar-refractivity contribution in [2.75, 3.05) is 23.7 Å². The minimum absolute atomic E-state index is 0.0327. The number of amides is 1. The molecule has 1 aliphatic heterocycles. The highest BCUT2D eigenvalue weighted by Gasteiger charge is 2.17. The van der Waals surface area contributed by atoms with Gasteiger partial charge in [-0.2, -0.15) is 0 Å². The van der Waals surface area contributed by atoms with Crippen molar-refractivity contribution in [3.63, 3.8) is 0 Å². The zero-order valence-corrected chi connectivity index (χ0v) is 14.9. The van der Waals surface area contributed by atoms with Gasteiger partial charge >= 0.3 is 0 Å². The van der Waals surface area contributed by atoms with Crippen molar-refractivity contribution < 1.29 is 13.6 Å². The van der Waals surface area contributed by atoms with Crippen LogP contribution in [0.3, 0.4) is 0 Å². The number of nitrogens with one attached hydrogen (secondary N) is 2. The lowest BCUT2D eigenvalue weighted by atomic mass is 10.1. The largest absolute Gasteiger partial charge is 0.339 e. The van der Waals surface area contributed by atoms with Crippen molar-refractivity contribution in [2.45, 2.75) is 19.3 Å². The molecular weight excluding hydrogens is 356 g/mol. The highest BCUT2D eigenvalue weighted by Crippen LogP contribution is 2.17. The second-order valence-corrected chi connectivity index (χ2v) is 6.54. The van der Waals surface area contributed by atoms with Crippen molar-refractivity contribution >= 4 is 34.6 Å². The molecule has 1 saturated heterocycles. The Balaban J connectivity index is 1.59. The van der Waals surface area contributed by atoms with Gasteiger partial charge in [-0.25, -0.2) is 8.78 Å². The Morgan fingerprint density at radius 2 is 1.65 bits per heavy atom. The SMILES string of the molecule is O=C(c1ccc(NC(=S)Nc2ccc(F)cc2F)cc1)N1CCCCC1. The first-order chi connectivity index (χ1) is 12.5. The van der Waals surface area contributed by atoms with E-state index in [1.807, 2.05) is 4.90 Å². The number of carbonyl (C=O) groups excluding carboxylic acids is 1. The van der Waals surface area contributed by atoms with E-state index in [4.69, 9.17) is 12.2 Å². The molecule has 1 amide bonds. The lowest BCUT2D eigenvalue weighted by Crippen LogP contribution is -2.35. The quantitative estimate of drug-likeness (QED) is 0.781. The van der Waals surface area contributed by atoms with Crippen molar-refractivity contribution in [3.05, 3.63) is 59.7 Å². The number of thiocarbonyl (C=S) groups is 1. The number of hydrogen-bond acceptors (Lipinski definition) is 2. The van der Waals surface area contributed by atoms with Crippen LogP contribution in [0.1, 0.15) is 29.6 Å². The van der Waals surface area contributed by atoms with E-state index in [2.05, 4.69) is 10.6 Å². The Bertz CT molecular complexity index is 805. The van der Waals surface area contributed by atoms with Crippen LogP contribution in [-0.4, -0.2) is 29.0 Å². The van der Waals surface area contributed by atoms with Crippen LogP contribution in [0.2, 0.25) is 0 Å². The summed E-state index contributed by atoms with van der Waals surface area (Å²) in [4.78, 5) is 14.3. The fourth-order valence-electron chi connectivity index (χ4n) is 2.85. The Labute approximate surface area is 156 Å². The van der Waals surface area contributed by atoms with E-state index >= 15 is 0 Å². The number of likely N-dealkylation sites (tertiary alicyclic amines) is 1. The maximum atomic E-state index is 13.6. The molecule has 1 heterocycles. The molecule has 2 aromatic carbocycles. The molecule has 0 aliphatic carbocycles. The van der Waals surface area contributed by atoms with E-state index < -0.39 is 11.6 Å². The first-order valence-electron chi connectivity index (χ1n) is 8.45. The lowest BCUT2D eigenvalue weighted by Gasteiger charge is -2.26. The normalized spacial score (nSPS) is 14.0. The molecule has 2 aromatic rings. The molecule has 0 spiro atoms. The summed E-state index contributed by atoms with van der Waals surface area (Å²) in [6, 6.07) is 10.2. The molecule has 3 rings (SSSR count). The smallest absolute Gasteiger partial charge is 0.253 e. The van der Waals surface area contributed by atoms with Crippen molar-refractivity contribution in [2.24, 2.45) is 0 Å². The summed E-state index contributed by atoms with van der Waals surface area (Å²) in [7, 11) is 0. The van der Waals surface area contributed by atoms with E-state index in [0.29, 0.717) is 11.3 Å². The molecule has 136 valence electrons. The lowest BCUT2D eigenvalue weighted by molar-refractivity contribution is 0.0724. The average molecular weight is 375 g/mol. The number of benzene rings is 2. The van der Waals surface area contributed by atoms with Gasteiger partial charge < -0.3 is 15.5 Å². The molecule has 0 bridgehead atoms. The molecule has 2 N–H and O–H groups in total. The van der Waals surface area contributed by atoms with Crippen LogP contribution in [0.15, 0.2) is 42.5 Å². The Morgan fingerprint density at radius 1 is 0.962 bits per heavy atom. The average Bonchev–Trinajstić information content (AvgIpc) is 2.65. The number of hydrogen-bond donors (Lipinski definition) is 2. The first-order valence-corrected chi connectivity index (χ1v) is 8.86. The van der Waals surface area contributed by atoms with Gasteiger partial charge in [-0.3, -0.25) is 4.79 Å². The summed E-state index contributed by atoms with van der Waals surface area (Å²) in [5.41, 5.74) is 1.38. The molecule has 0 radical (unpaired) electrons. The van der Waals surface area contributed by atoms with E-state index in [-0.39, 0.29) is 16.7 Å². The van der Waals surface area contributed by atoms with Crippen LogP contribution >= 0.6 is 12.2 Å². The number of rotatable bonds is 3. The summed E-state index contributed by atoms with van der Waals surface area (Å²) in [6.45, 7) is 1.60. The van der Waals surface area contributed by atoms with Gasteiger partial charge in [-0.05, 0) is 67.9 Å². The third-order valence-electron chi connectivity index (χ3n) is 4.21. The monoisotopic (exact) mass is 375 g/mol. The molecule has 0 atom stereocenters. The third-order valence-corrected chi connectivity index (χ3v) is 4.42. The predicted molar refractivity (Wildman–Crippen MR) is 102 cm³/mol. The van der Waals surface area contributed by atoms with Crippen LogP contribution in [0.5, 0.6) is 0 Å². The Kier molecular flexibility index (Phi) is 5.78. The topological polar surface area (TPSA) is 44.4 Å². The standard InChI is InChI=1S/C19H19F2N3OS/c20-14-6-9-17(16(21)12-14)23-19(26)22-15-7-4-13(5-8-15)18(25)24-10-2-1-3-11-24/h4-9,12H,1-3,10-11H2,(H2,22,23,26). The highest BCUT2D eigenvalue weighted by molar-refractivity contribution is 7.80. The van der Waals surface area contributed by atoms with Crippen LogP contribution in [0.25, 0.3) is 0 Å². The van der Waals surface area contributed by atoms with Crippen LogP contribution in [0, 0.1) is 11.6 Å². The summed E-state index contributed by atoms with van der Waals surface area (Å²) in [5.74, 6) is -1.34. The van der Waals surface area contributed by atoms with Crippen molar-refractivity contribution in [3.8, 4) is 0 Å². The Hall–Kier alpha value is -2.54. The van der Waals surface area contributed by atoms with Gasteiger partial charge in [0.05, 0.1) is 5.69 Å². The molecule has 4 nitrogen and oxygen atoms in total. The molecule has 7 heteroatoms. The summed E-state index contributed by atoms with van der Waals surface area (Å²) in [5, 5.41) is 5.76. The zero-order chi connectivity index (χ0) is 18.5. The fourth-order valence-corrected chi connectivity index (χ4v) is 3.08. The molecule has 1 fully saturated rings. The van der Waals surface area contributed by atoms with Gasteiger partial charge in [0.15, 0.2) is 5.11 Å². The highest BCUT2D eigenvalue weighted by atomic mass is 32.1. The van der Waals surface area contributed by atoms with Gasteiger partial charge in [0.25, 0.3) is 5.91 Å². The van der Waals surface area contributed by atoms with Gasteiger partial charge in [-0.1, -0.05) is 0 Å². The van der Waals surface area contributed by atoms with E-state index in [0.717, 1.165) is 38.1 Å². The zero-order valence-electron chi connectivity index (χ0n) is 14.1. The van der Waals surface area contributed by atoms with Crippen molar-refractivity contribution in [1.29, 1.82) is 0 Å². The van der Waals surface area contributed by atoms with E-state index in [9.17, 15) is 13.6 Å². The summed E-state index contributed by atoms with van der Waals surface area (Å²) in [6.07, 6.45) is 3.27. The minimum atomic E-state index is -0.725. The molecule has 0 aromatic heterocycles. The Morgan fingerprint density at radius 3 is 2.31 bits per heavy atom.